The predicted octanol–water partition coefficient (Wildman–Crippen LogP) is 2.97. The molecule has 110 valence electrons. The number of nitrogens with zero attached hydrogens (tertiary/aromatic N) is 1. The number of nitrogens with one attached hydrogen (secondary N) is 1. The maximum atomic E-state index is 13.0. The second kappa shape index (κ2) is 4.55. The van der Waals surface area contributed by atoms with Crippen molar-refractivity contribution in [2.45, 2.75) is 19.4 Å². The number of carbonyl (C=O) groups is 1. The maximum absolute atomic E-state index is 13.0. The van der Waals surface area contributed by atoms with E-state index in [9.17, 15) is 4.79 Å². The van der Waals surface area contributed by atoms with Crippen LogP contribution in [0.15, 0.2) is 30.3 Å². The summed E-state index contributed by atoms with van der Waals surface area (Å²) in [7, 11) is 0. The first-order valence-corrected chi connectivity index (χ1v) is 8.40. The Morgan fingerprint density at radius 2 is 2.14 bits per heavy atom. The summed E-state index contributed by atoms with van der Waals surface area (Å²) >= 11 is 1.61. The molecular formula is C17H20N2OS. The highest BCUT2D eigenvalue weighted by molar-refractivity contribution is 7.20. The predicted molar refractivity (Wildman–Crippen MR) is 86.8 cm³/mol. The van der Waals surface area contributed by atoms with Gasteiger partial charge in [-0.15, -0.1) is 11.3 Å². The molecule has 3 nitrogen and oxygen atoms in total. The minimum absolute atomic E-state index is 0.0541. The van der Waals surface area contributed by atoms with Gasteiger partial charge in [-0.05, 0) is 43.2 Å². The molecule has 2 fully saturated rings. The number of fused-ring (bicyclic) bond motifs is 2. The number of thiophene rings is 1. The molecule has 0 spiro atoms. The Morgan fingerprint density at radius 1 is 1.33 bits per heavy atom. The molecule has 4 rings (SSSR count). The van der Waals surface area contributed by atoms with Crippen LogP contribution in [-0.4, -0.2) is 36.0 Å². The lowest BCUT2D eigenvalue weighted by atomic mass is 9.85. The van der Waals surface area contributed by atoms with E-state index in [4.69, 9.17) is 0 Å². The zero-order chi connectivity index (χ0) is 14.6. The van der Waals surface area contributed by atoms with Crippen molar-refractivity contribution in [1.29, 1.82) is 0 Å². The molecule has 0 saturated carbocycles. The van der Waals surface area contributed by atoms with Crippen LogP contribution in [0.25, 0.3) is 10.1 Å². The van der Waals surface area contributed by atoms with Gasteiger partial charge in [-0.2, -0.15) is 0 Å². The second-order valence-corrected chi connectivity index (χ2v) is 7.83. The highest BCUT2D eigenvalue weighted by Crippen LogP contribution is 2.42. The fourth-order valence-corrected chi connectivity index (χ4v) is 5.00. The lowest BCUT2D eigenvalue weighted by Gasteiger charge is -2.35. The Hall–Kier alpha value is -1.39. The van der Waals surface area contributed by atoms with E-state index in [1.165, 1.54) is 10.1 Å². The smallest absolute Gasteiger partial charge is 0.264 e. The third kappa shape index (κ3) is 1.93. The number of amides is 1. The molecule has 1 amide bonds. The molecule has 0 radical (unpaired) electrons. The largest absolute Gasteiger partial charge is 0.332 e. The minimum Gasteiger partial charge on any atom is -0.332 e. The van der Waals surface area contributed by atoms with E-state index in [0.29, 0.717) is 11.8 Å². The summed E-state index contributed by atoms with van der Waals surface area (Å²) in [5.41, 5.74) is -0.0541. The van der Waals surface area contributed by atoms with Crippen molar-refractivity contribution in [3.63, 3.8) is 0 Å². The number of hydrogen-bond donors (Lipinski definition) is 1. The molecule has 0 aliphatic carbocycles. The van der Waals surface area contributed by atoms with Crippen LogP contribution >= 0.6 is 11.3 Å². The van der Waals surface area contributed by atoms with Gasteiger partial charge >= 0.3 is 0 Å². The van der Waals surface area contributed by atoms with Crippen molar-refractivity contribution in [2.24, 2.45) is 11.8 Å². The molecule has 1 aromatic carbocycles. The fourth-order valence-electron chi connectivity index (χ4n) is 3.99. The molecule has 4 heteroatoms. The zero-order valence-electron chi connectivity index (χ0n) is 12.4. The Kier molecular flexibility index (Phi) is 2.88. The molecule has 3 heterocycles. The van der Waals surface area contributed by atoms with Gasteiger partial charge in [-0.1, -0.05) is 18.2 Å². The molecule has 2 saturated heterocycles. The standard InChI is InChI=1S/C17H20N2OS/c1-17(2)13-9-18-8-12(13)10-19(17)16(20)15-7-11-5-3-4-6-14(11)21-15/h3-7,12-13,18H,8-10H2,1-2H3. The van der Waals surface area contributed by atoms with Gasteiger partial charge in [0.05, 0.1) is 4.88 Å². The van der Waals surface area contributed by atoms with Crippen molar-refractivity contribution in [2.75, 3.05) is 19.6 Å². The Labute approximate surface area is 128 Å². The van der Waals surface area contributed by atoms with E-state index in [1.807, 2.05) is 18.2 Å². The molecule has 2 aliphatic rings. The van der Waals surface area contributed by atoms with Crippen molar-refractivity contribution in [1.82, 2.24) is 10.2 Å². The number of rotatable bonds is 1. The first-order chi connectivity index (χ1) is 10.1. The van der Waals surface area contributed by atoms with Crippen LogP contribution in [0.4, 0.5) is 0 Å². The van der Waals surface area contributed by atoms with Crippen LogP contribution in [0.5, 0.6) is 0 Å². The van der Waals surface area contributed by atoms with Crippen molar-refractivity contribution in [3.8, 4) is 0 Å². The van der Waals surface area contributed by atoms with Gasteiger partial charge in [-0.3, -0.25) is 4.79 Å². The van der Waals surface area contributed by atoms with Gasteiger partial charge in [-0.25, -0.2) is 0 Å². The first-order valence-electron chi connectivity index (χ1n) is 7.58. The summed E-state index contributed by atoms with van der Waals surface area (Å²) in [4.78, 5) is 16.0. The third-order valence-corrected chi connectivity index (χ3v) is 6.35. The molecule has 2 aliphatic heterocycles. The van der Waals surface area contributed by atoms with Gasteiger partial charge in [0.15, 0.2) is 0 Å². The van der Waals surface area contributed by atoms with Gasteiger partial charge in [0.2, 0.25) is 0 Å². The van der Waals surface area contributed by atoms with E-state index in [1.54, 1.807) is 11.3 Å². The van der Waals surface area contributed by atoms with Crippen molar-refractivity contribution in [3.05, 3.63) is 35.2 Å². The lowest BCUT2D eigenvalue weighted by Crippen LogP contribution is -2.47. The third-order valence-electron chi connectivity index (χ3n) is 5.24. The van der Waals surface area contributed by atoms with E-state index < -0.39 is 0 Å². The van der Waals surface area contributed by atoms with Crippen LogP contribution in [0.3, 0.4) is 0 Å². The molecule has 1 aromatic heterocycles. The maximum Gasteiger partial charge on any atom is 0.264 e. The fraction of sp³-hybridized carbons (Fsp3) is 0.471. The summed E-state index contributed by atoms with van der Waals surface area (Å²) in [5, 5.41) is 4.64. The number of likely N-dealkylation sites (tertiary alicyclic amines) is 1. The molecule has 2 aromatic rings. The summed E-state index contributed by atoms with van der Waals surface area (Å²) in [5.74, 6) is 1.39. The SMILES string of the molecule is CC1(C)C2CNCC2CN1C(=O)c1cc2ccccc2s1. The first kappa shape index (κ1) is 13.3. The lowest BCUT2D eigenvalue weighted by molar-refractivity contribution is 0.0608. The van der Waals surface area contributed by atoms with Crippen LogP contribution in [-0.2, 0) is 0 Å². The van der Waals surface area contributed by atoms with Crippen molar-refractivity contribution >= 4 is 27.3 Å². The van der Waals surface area contributed by atoms with Crippen LogP contribution in [0, 0.1) is 11.8 Å². The summed E-state index contributed by atoms with van der Waals surface area (Å²) < 4.78 is 1.19. The van der Waals surface area contributed by atoms with Crippen LogP contribution in [0.2, 0.25) is 0 Å². The summed E-state index contributed by atoms with van der Waals surface area (Å²) in [6.45, 7) is 7.40. The molecule has 21 heavy (non-hydrogen) atoms. The van der Waals surface area contributed by atoms with Crippen LogP contribution in [0.1, 0.15) is 23.5 Å². The molecule has 0 bridgehead atoms. The topological polar surface area (TPSA) is 32.3 Å². The van der Waals surface area contributed by atoms with Gasteiger partial charge < -0.3 is 10.2 Å². The Bertz CT molecular complexity index is 673. The Balaban J connectivity index is 1.68. The zero-order valence-corrected chi connectivity index (χ0v) is 13.2. The average Bonchev–Trinajstić information content (AvgIpc) is 3.14. The van der Waals surface area contributed by atoms with Crippen molar-refractivity contribution < 1.29 is 4.79 Å². The van der Waals surface area contributed by atoms with E-state index in [-0.39, 0.29) is 11.4 Å². The minimum atomic E-state index is -0.0541. The normalized spacial score (nSPS) is 27.2. The molecule has 2 atom stereocenters. The Morgan fingerprint density at radius 3 is 2.90 bits per heavy atom. The molecule has 2 unspecified atom stereocenters. The number of benzene rings is 1. The van der Waals surface area contributed by atoms with Crippen LogP contribution < -0.4 is 5.32 Å². The summed E-state index contributed by atoms with van der Waals surface area (Å²) in [6, 6.07) is 10.3. The second-order valence-electron chi connectivity index (χ2n) is 6.74. The van der Waals surface area contributed by atoms with E-state index >= 15 is 0 Å². The van der Waals surface area contributed by atoms with E-state index in [0.717, 1.165) is 24.5 Å². The van der Waals surface area contributed by atoms with E-state index in [2.05, 4.69) is 36.2 Å². The highest BCUT2D eigenvalue weighted by atomic mass is 32.1. The van der Waals surface area contributed by atoms with Gasteiger partial charge in [0, 0.05) is 29.9 Å². The number of hydrogen-bond acceptors (Lipinski definition) is 3. The molecular weight excluding hydrogens is 280 g/mol. The van der Waals surface area contributed by atoms with Gasteiger partial charge in [0.1, 0.15) is 0 Å². The monoisotopic (exact) mass is 300 g/mol. The molecule has 1 N–H and O–H groups in total. The quantitative estimate of drug-likeness (QED) is 0.878. The average molecular weight is 300 g/mol. The van der Waals surface area contributed by atoms with Gasteiger partial charge in [0.25, 0.3) is 5.91 Å². The highest BCUT2D eigenvalue weighted by Gasteiger charge is 2.51. The number of carbonyl (C=O) groups excluding carboxylic acids is 1. The summed E-state index contributed by atoms with van der Waals surface area (Å²) in [6.07, 6.45) is 0.